The van der Waals surface area contributed by atoms with Crippen LogP contribution >= 0.6 is 15.9 Å². The molecule has 0 heterocycles. The number of benzene rings is 2. The molecule has 1 atom stereocenters. The van der Waals surface area contributed by atoms with Gasteiger partial charge in [0.05, 0.1) is 7.11 Å². The van der Waals surface area contributed by atoms with Gasteiger partial charge in [-0.3, -0.25) is 4.79 Å². The Morgan fingerprint density at radius 2 is 1.90 bits per heavy atom. The Hall–Kier alpha value is -1.61. The van der Waals surface area contributed by atoms with E-state index in [2.05, 4.69) is 15.9 Å². The second-order valence-corrected chi connectivity index (χ2v) is 5.71. The van der Waals surface area contributed by atoms with Gasteiger partial charge in [0, 0.05) is 16.0 Å². The minimum atomic E-state index is -0.0828. The number of hydrogen-bond acceptors (Lipinski definition) is 2. The molecule has 0 saturated carbocycles. The highest BCUT2D eigenvalue weighted by atomic mass is 79.9. The summed E-state index contributed by atoms with van der Waals surface area (Å²) in [5.74, 6) is 0.897. The Labute approximate surface area is 127 Å². The third-order valence-corrected chi connectivity index (χ3v) is 3.77. The number of Topliss-reactive ketones (excluding diaryl/α,β-unsaturated/α-hetero) is 1. The number of ketones is 1. The molecule has 0 radical (unpaired) electrons. The smallest absolute Gasteiger partial charge is 0.165 e. The van der Waals surface area contributed by atoms with E-state index in [9.17, 15) is 4.79 Å². The molecule has 0 amide bonds. The lowest BCUT2D eigenvalue weighted by molar-refractivity contribution is 0.0929. The molecule has 2 rings (SSSR count). The summed E-state index contributed by atoms with van der Waals surface area (Å²) < 4.78 is 6.35. The van der Waals surface area contributed by atoms with Crippen molar-refractivity contribution in [2.75, 3.05) is 7.11 Å². The average molecular weight is 333 g/mol. The number of methoxy groups -OCH3 is 1. The molecule has 1 unspecified atom stereocenters. The van der Waals surface area contributed by atoms with Crippen LogP contribution in [0.1, 0.15) is 22.8 Å². The van der Waals surface area contributed by atoms with Gasteiger partial charge in [-0.25, -0.2) is 0 Å². The zero-order valence-corrected chi connectivity index (χ0v) is 13.2. The molecule has 0 spiro atoms. The molecular weight excluding hydrogens is 316 g/mol. The molecule has 0 bridgehead atoms. The molecular formula is C17H17BrO2. The lowest BCUT2D eigenvalue weighted by atomic mass is 9.92. The molecule has 3 heteroatoms. The lowest BCUT2D eigenvalue weighted by Gasteiger charge is -2.14. The van der Waals surface area contributed by atoms with E-state index in [1.54, 1.807) is 7.11 Å². The molecule has 0 fully saturated rings. The number of hydrogen-bond donors (Lipinski definition) is 0. The standard InChI is InChI=1S/C17H17BrO2/c1-12(17(19)13-6-4-3-5-7-13)10-14-11-15(18)8-9-16(14)20-2/h3-9,11-12H,10H2,1-2H3. The van der Waals surface area contributed by atoms with E-state index in [1.807, 2.05) is 55.5 Å². The van der Waals surface area contributed by atoms with Crippen LogP contribution in [0.5, 0.6) is 5.75 Å². The maximum Gasteiger partial charge on any atom is 0.165 e. The van der Waals surface area contributed by atoms with Gasteiger partial charge in [0.1, 0.15) is 5.75 Å². The summed E-state index contributed by atoms with van der Waals surface area (Å²) in [6.45, 7) is 1.95. The van der Waals surface area contributed by atoms with Crippen LogP contribution in [0.4, 0.5) is 0 Å². The molecule has 2 aromatic carbocycles. The Kier molecular flexibility index (Phi) is 4.96. The lowest BCUT2D eigenvalue weighted by Crippen LogP contribution is -2.14. The maximum absolute atomic E-state index is 12.4. The van der Waals surface area contributed by atoms with Gasteiger partial charge in [0.25, 0.3) is 0 Å². The topological polar surface area (TPSA) is 26.3 Å². The summed E-state index contributed by atoms with van der Waals surface area (Å²) >= 11 is 3.46. The van der Waals surface area contributed by atoms with Crippen LogP contribution in [-0.4, -0.2) is 12.9 Å². The van der Waals surface area contributed by atoms with Gasteiger partial charge in [0.15, 0.2) is 5.78 Å². The van der Waals surface area contributed by atoms with Crippen LogP contribution < -0.4 is 4.74 Å². The molecule has 0 saturated heterocycles. The van der Waals surface area contributed by atoms with Gasteiger partial charge >= 0.3 is 0 Å². The van der Waals surface area contributed by atoms with Crippen LogP contribution in [0, 0.1) is 5.92 Å². The fourth-order valence-corrected chi connectivity index (χ4v) is 2.62. The van der Waals surface area contributed by atoms with Crippen LogP contribution in [0.25, 0.3) is 0 Å². The number of halogens is 1. The third-order valence-electron chi connectivity index (χ3n) is 3.27. The number of rotatable bonds is 5. The number of carbonyl (C=O) groups is 1. The maximum atomic E-state index is 12.4. The van der Waals surface area contributed by atoms with Gasteiger partial charge in [-0.05, 0) is 30.2 Å². The number of carbonyl (C=O) groups excluding carboxylic acids is 1. The normalized spacial score (nSPS) is 11.9. The SMILES string of the molecule is COc1ccc(Br)cc1CC(C)C(=O)c1ccccc1. The van der Waals surface area contributed by atoms with Crippen molar-refractivity contribution in [3.63, 3.8) is 0 Å². The van der Waals surface area contributed by atoms with Crippen LogP contribution in [0.2, 0.25) is 0 Å². The number of ether oxygens (including phenoxy) is 1. The Morgan fingerprint density at radius 1 is 1.20 bits per heavy atom. The van der Waals surface area contributed by atoms with E-state index in [0.717, 1.165) is 21.3 Å². The van der Waals surface area contributed by atoms with E-state index in [1.165, 1.54) is 0 Å². The highest BCUT2D eigenvalue weighted by Crippen LogP contribution is 2.26. The quantitative estimate of drug-likeness (QED) is 0.752. The van der Waals surface area contributed by atoms with Gasteiger partial charge in [0.2, 0.25) is 0 Å². The van der Waals surface area contributed by atoms with Crippen molar-refractivity contribution in [2.45, 2.75) is 13.3 Å². The van der Waals surface area contributed by atoms with Crippen LogP contribution in [-0.2, 0) is 6.42 Å². The first-order valence-electron chi connectivity index (χ1n) is 6.53. The molecule has 0 aliphatic carbocycles. The summed E-state index contributed by atoms with van der Waals surface area (Å²) in [4.78, 5) is 12.4. The van der Waals surface area contributed by atoms with Gasteiger partial charge in [-0.15, -0.1) is 0 Å². The average Bonchev–Trinajstić information content (AvgIpc) is 2.47. The van der Waals surface area contributed by atoms with Gasteiger partial charge in [-0.2, -0.15) is 0 Å². The fraction of sp³-hybridized carbons (Fsp3) is 0.235. The molecule has 2 nitrogen and oxygen atoms in total. The summed E-state index contributed by atoms with van der Waals surface area (Å²) in [6, 6.07) is 15.3. The minimum Gasteiger partial charge on any atom is -0.496 e. The summed E-state index contributed by atoms with van der Waals surface area (Å²) in [5.41, 5.74) is 1.80. The van der Waals surface area contributed by atoms with Gasteiger partial charge < -0.3 is 4.74 Å². The molecule has 0 aliphatic heterocycles. The largest absolute Gasteiger partial charge is 0.496 e. The van der Waals surface area contributed by atoms with Crippen molar-refractivity contribution in [1.82, 2.24) is 0 Å². The first kappa shape index (κ1) is 14.8. The van der Waals surface area contributed by atoms with Crippen LogP contribution in [0.3, 0.4) is 0 Å². The van der Waals surface area contributed by atoms with E-state index in [-0.39, 0.29) is 11.7 Å². The Morgan fingerprint density at radius 3 is 2.55 bits per heavy atom. The highest BCUT2D eigenvalue weighted by molar-refractivity contribution is 9.10. The molecule has 2 aromatic rings. The van der Waals surface area contributed by atoms with Crippen molar-refractivity contribution >= 4 is 21.7 Å². The van der Waals surface area contributed by atoms with Crippen molar-refractivity contribution in [3.8, 4) is 5.75 Å². The molecule has 104 valence electrons. The fourth-order valence-electron chi connectivity index (χ4n) is 2.22. The highest BCUT2D eigenvalue weighted by Gasteiger charge is 2.17. The second kappa shape index (κ2) is 6.71. The second-order valence-electron chi connectivity index (χ2n) is 4.79. The zero-order chi connectivity index (χ0) is 14.5. The van der Waals surface area contributed by atoms with Crippen molar-refractivity contribution in [3.05, 3.63) is 64.1 Å². The monoisotopic (exact) mass is 332 g/mol. The summed E-state index contributed by atoms with van der Waals surface area (Å²) in [7, 11) is 1.65. The van der Waals surface area contributed by atoms with Crippen LogP contribution in [0.15, 0.2) is 53.0 Å². The Balaban J connectivity index is 2.17. The molecule has 0 aromatic heterocycles. The molecule has 0 N–H and O–H groups in total. The van der Waals surface area contributed by atoms with E-state index in [4.69, 9.17) is 4.74 Å². The molecule has 20 heavy (non-hydrogen) atoms. The zero-order valence-electron chi connectivity index (χ0n) is 11.6. The predicted octanol–water partition coefficient (Wildman–Crippen LogP) is 4.52. The van der Waals surface area contributed by atoms with Crippen molar-refractivity contribution in [2.24, 2.45) is 5.92 Å². The first-order chi connectivity index (χ1) is 9.61. The first-order valence-corrected chi connectivity index (χ1v) is 7.33. The third kappa shape index (κ3) is 3.48. The summed E-state index contributed by atoms with van der Waals surface area (Å²) in [6.07, 6.45) is 0.663. The van der Waals surface area contributed by atoms with E-state index >= 15 is 0 Å². The van der Waals surface area contributed by atoms with E-state index < -0.39 is 0 Å². The van der Waals surface area contributed by atoms with E-state index in [0.29, 0.717) is 6.42 Å². The predicted molar refractivity (Wildman–Crippen MR) is 84.3 cm³/mol. The Bertz CT molecular complexity index is 593. The summed E-state index contributed by atoms with van der Waals surface area (Å²) in [5, 5.41) is 0. The van der Waals surface area contributed by atoms with Crippen molar-refractivity contribution < 1.29 is 9.53 Å². The minimum absolute atomic E-state index is 0.0828. The van der Waals surface area contributed by atoms with Crippen molar-refractivity contribution in [1.29, 1.82) is 0 Å². The van der Waals surface area contributed by atoms with Gasteiger partial charge in [-0.1, -0.05) is 53.2 Å². The molecule has 0 aliphatic rings.